The molecule has 0 saturated carbocycles. The molecule has 0 fully saturated rings. The van der Waals surface area contributed by atoms with E-state index in [0.717, 1.165) is 31.6 Å². The summed E-state index contributed by atoms with van der Waals surface area (Å²) >= 11 is 0. The van der Waals surface area contributed by atoms with Gasteiger partial charge in [-0.15, -0.1) is 0 Å². The van der Waals surface area contributed by atoms with Gasteiger partial charge in [0.15, 0.2) is 0 Å². The second kappa shape index (κ2) is 8.50. The zero-order valence-corrected chi connectivity index (χ0v) is 14.4. The molecule has 0 aromatic heterocycles. The summed E-state index contributed by atoms with van der Waals surface area (Å²) in [6.07, 6.45) is 5.10. The predicted molar refractivity (Wildman–Crippen MR) is 84.5 cm³/mol. The van der Waals surface area contributed by atoms with Crippen LogP contribution in [0.1, 0.15) is 80.6 Å². The maximum Gasteiger partial charge on any atom is 0.422 e. The van der Waals surface area contributed by atoms with Crippen LogP contribution >= 0.6 is 0 Å². The van der Waals surface area contributed by atoms with E-state index in [4.69, 9.17) is 4.74 Å². The Morgan fingerprint density at radius 2 is 1.75 bits per heavy atom. The summed E-state index contributed by atoms with van der Waals surface area (Å²) in [4.78, 5) is 11.7. The highest BCUT2D eigenvalue weighted by molar-refractivity contribution is 5.67. The molecule has 2 N–H and O–H groups in total. The summed E-state index contributed by atoms with van der Waals surface area (Å²) in [5.41, 5.74) is 5.33. The SMILES string of the molecule is CCCC(C)(CCC(C)CC)NNC(=O)OC(C)(C)C. The summed E-state index contributed by atoms with van der Waals surface area (Å²) in [7, 11) is 0. The Morgan fingerprint density at radius 3 is 2.20 bits per heavy atom. The number of hydrazine groups is 1. The quantitative estimate of drug-likeness (QED) is 0.650. The second-order valence-electron chi connectivity index (χ2n) is 7.11. The van der Waals surface area contributed by atoms with Gasteiger partial charge in [-0.3, -0.25) is 5.43 Å². The first-order valence-corrected chi connectivity index (χ1v) is 7.88. The van der Waals surface area contributed by atoms with Crippen molar-refractivity contribution in [3.8, 4) is 0 Å². The minimum Gasteiger partial charge on any atom is -0.443 e. The highest BCUT2D eigenvalue weighted by Gasteiger charge is 2.25. The molecular weight excluding hydrogens is 252 g/mol. The first-order chi connectivity index (χ1) is 9.12. The number of hydrogen-bond donors (Lipinski definition) is 2. The fourth-order valence-electron chi connectivity index (χ4n) is 2.08. The van der Waals surface area contributed by atoms with Crippen molar-refractivity contribution in [1.82, 2.24) is 10.9 Å². The molecule has 4 heteroatoms. The van der Waals surface area contributed by atoms with Gasteiger partial charge in [0.1, 0.15) is 5.60 Å². The molecule has 2 atom stereocenters. The van der Waals surface area contributed by atoms with Crippen LogP contribution in [0.15, 0.2) is 0 Å². The highest BCUT2D eigenvalue weighted by Crippen LogP contribution is 2.22. The van der Waals surface area contributed by atoms with Gasteiger partial charge < -0.3 is 4.74 Å². The van der Waals surface area contributed by atoms with Crippen LogP contribution in [0.4, 0.5) is 4.79 Å². The van der Waals surface area contributed by atoms with E-state index in [9.17, 15) is 4.79 Å². The first kappa shape index (κ1) is 19.2. The normalized spacial score (nSPS) is 16.4. The average molecular weight is 286 g/mol. The van der Waals surface area contributed by atoms with Gasteiger partial charge in [-0.2, -0.15) is 0 Å². The van der Waals surface area contributed by atoms with E-state index in [-0.39, 0.29) is 5.54 Å². The lowest BCUT2D eigenvalue weighted by Crippen LogP contribution is -2.53. The molecule has 0 rings (SSSR count). The van der Waals surface area contributed by atoms with E-state index in [1.165, 1.54) is 6.42 Å². The molecule has 0 aromatic rings. The van der Waals surface area contributed by atoms with Crippen molar-refractivity contribution in [3.05, 3.63) is 0 Å². The average Bonchev–Trinajstić information content (AvgIpc) is 2.32. The summed E-state index contributed by atoms with van der Waals surface area (Å²) < 4.78 is 5.25. The van der Waals surface area contributed by atoms with Crippen molar-refractivity contribution in [3.63, 3.8) is 0 Å². The van der Waals surface area contributed by atoms with Crippen molar-refractivity contribution in [1.29, 1.82) is 0 Å². The van der Waals surface area contributed by atoms with Gasteiger partial charge in [0.2, 0.25) is 0 Å². The van der Waals surface area contributed by atoms with E-state index in [1.54, 1.807) is 0 Å². The first-order valence-electron chi connectivity index (χ1n) is 7.88. The van der Waals surface area contributed by atoms with Crippen LogP contribution in [-0.4, -0.2) is 17.2 Å². The van der Waals surface area contributed by atoms with Crippen LogP contribution in [0.5, 0.6) is 0 Å². The number of carbonyl (C=O) groups is 1. The van der Waals surface area contributed by atoms with Gasteiger partial charge in [-0.25, -0.2) is 10.2 Å². The summed E-state index contributed by atoms with van der Waals surface area (Å²) in [5, 5.41) is 0. The third-order valence-corrected chi connectivity index (χ3v) is 3.55. The van der Waals surface area contributed by atoms with Crippen LogP contribution in [0.2, 0.25) is 0 Å². The standard InChI is InChI=1S/C16H34N2O2/c1-8-11-16(7,12-10-13(3)9-2)18-17-14(19)20-15(4,5)6/h13,18H,8-12H2,1-7H3,(H,17,19). The molecule has 0 spiro atoms. The van der Waals surface area contributed by atoms with E-state index >= 15 is 0 Å². The van der Waals surface area contributed by atoms with Gasteiger partial charge in [0.25, 0.3) is 0 Å². The molecule has 4 nitrogen and oxygen atoms in total. The maximum atomic E-state index is 11.7. The van der Waals surface area contributed by atoms with Crippen molar-refractivity contribution < 1.29 is 9.53 Å². The molecule has 120 valence electrons. The van der Waals surface area contributed by atoms with E-state index in [1.807, 2.05) is 20.8 Å². The van der Waals surface area contributed by atoms with Crippen LogP contribution in [0.3, 0.4) is 0 Å². The van der Waals surface area contributed by atoms with E-state index < -0.39 is 11.7 Å². The summed E-state index contributed by atoms with van der Waals surface area (Å²) in [6.45, 7) is 14.4. The van der Waals surface area contributed by atoms with Crippen molar-refractivity contribution in [2.24, 2.45) is 5.92 Å². The van der Waals surface area contributed by atoms with Crippen LogP contribution in [0, 0.1) is 5.92 Å². The lowest BCUT2D eigenvalue weighted by Gasteiger charge is -2.32. The predicted octanol–water partition coefficient (Wildman–Crippen LogP) is 4.40. The second-order valence-corrected chi connectivity index (χ2v) is 7.11. The summed E-state index contributed by atoms with van der Waals surface area (Å²) in [5.74, 6) is 0.717. The topological polar surface area (TPSA) is 50.4 Å². The molecule has 0 radical (unpaired) electrons. The number of hydrogen-bond acceptors (Lipinski definition) is 3. The Labute approximate surface area is 125 Å². The molecule has 1 amide bonds. The molecule has 0 aliphatic rings. The minimum absolute atomic E-state index is 0.0743. The van der Waals surface area contributed by atoms with E-state index in [0.29, 0.717) is 0 Å². The number of nitrogens with one attached hydrogen (secondary N) is 2. The maximum absolute atomic E-state index is 11.7. The van der Waals surface area contributed by atoms with Crippen molar-refractivity contribution in [2.45, 2.75) is 91.7 Å². The molecule has 0 aliphatic heterocycles. The monoisotopic (exact) mass is 286 g/mol. The largest absolute Gasteiger partial charge is 0.443 e. The smallest absolute Gasteiger partial charge is 0.422 e. The lowest BCUT2D eigenvalue weighted by atomic mass is 9.87. The zero-order chi connectivity index (χ0) is 15.8. The number of rotatable bonds is 8. The molecule has 0 bridgehead atoms. The Bertz CT molecular complexity index is 287. The van der Waals surface area contributed by atoms with Gasteiger partial charge in [-0.05, 0) is 52.9 Å². The van der Waals surface area contributed by atoms with Gasteiger partial charge >= 0.3 is 6.09 Å². The molecular formula is C16H34N2O2. The van der Waals surface area contributed by atoms with Gasteiger partial charge in [0, 0.05) is 5.54 Å². The zero-order valence-electron chi connectivity index (χ0n) is 14.4. The number of ether oxygens (including phenoxy) is 1. The Balaban J connectivity index is 4.34. The van der Waals surface area contributed by atoms with Crippen molar-refractivity contribution >= 4 is 6.09 Å². The highest BCUT2D eigenvalue weighted by atomic mass is 16.6. The molecule has 20 heavy (non-hydrogen) atoms. The molecule has 0 saturated heterocycles. The van der Waals surface area contributed by atoms with Crippen LogP contribution in [0.25, 0.3) is 0 Å². The summed E-state index contributed by atoms with van der Waals surface area (Å²) in [6, 6.07) is 0. The Hall–Kier alpha value is -0.770. The number of carbonyl (C=O) groups excluding carboxylic acids is 1. The number of amides is 1. The van der Waals surface area contributed by atoms with Crippen LogP contribution < -0.4 is 10.9 Å². The Kier molecular flexibility index (Phi) is 8.17. The van der Waals surface area contributed by atoms with Gasteiger partial charge in [-0.1, -0.05) is 33.6 Å². The minimum atomic E-state index is -0.469. The van der Waals surface area contributed by atoms with Crippen molar-refractivity contribution in [2.75, 3.05) is 0 Å². The lowest BCUT2D eigenvalue weighted by molar-refractivity contribution is 0.0458. The molecule has 2 unspecified atom stereocenters. The third-order valence-electron chi connectivity index (χ3n) is 3.55. The van der Waals surface area contributed by atoms with Crippen LogP contribution in [-0.2, 0) is 4.74 Å². The third kappa shape index (κ3) is 9.18. The molecule has 0 heterocycles. The molecule has 0 aliphatic carbocycles. The van der Waals surface area contributed by atoms with Gasteiger partial charge in [0.05, 0.1) is 0 Å². The fourth-order valence-corrected chi connectivity index (χ4v) is 2.08. The fraction of sp³-hybridized carbons (Fsp3) is 0.938. The van der Waals surface area contributed by atoms with E-state index in [2.05, 4.69) is 38.5 Å². The molecule has 0 aromatic carbocycles. The Morgan fingerprint density at radius 1 is 1.15 bits per heavy atom.